The van der Waals surface area contributed by atoms with Crippen LogP contribution >= 0.6 is 11.6 Å². The number of hydrogen-bond acceptors (Lipinski definition) is 2. The molecule has 2 amide bonds. The van der Waals surface area contributed by atoms with Crippen molar-refractivity contribution in [2.24, 2.45) is 10.8 Å². The Hall–Kier alpha value is -2.27. The highest BCUT2D eigenvalue weighted by atomic mass is 35.5. The second-order valence-corrected chi connectivity index (χ2v) is 4.38. The monoisotopic (exact) mass is 276 g/mol. The molecule has 1 aromatic carbocycles. The minimum atomic E-state index is -0.701. The smallest absolute Gasteiger partial charge is 0.332 e. The summed E-state index contributed by atoms with van der Waals surface area (Å²) in [7, 11) is 0. The molecular weight excluding hydrogens is 264 g/mol. The number of aromatic nitrogens is 1. The van der Waals surface area contributed by atoms with Crippen LogP contribution in [0.25, 0.3) is 5.69 Å². The lowest BCUT2D eigenvalue weighted by Gasteiger charge is -2.08. The molecule has 19 heavy (non-hydrogen) atoms. The van der Waals surface area contributed by atoms with E-state index in [0.717, 1.165) is 16.9 Å². The Balaban J connectivity index is 2.30. The van der Waals surface area contributed by atoms with E-state index >= 15 is 0 Å². The first-order valence-electron chi connectivity index (χ1n) is 5.60. The fourth-order valence-electron chi connectivity index (χ4n) is 1.63. The van der Waals surface area contributed by atoms with E-state index in [1.807, 2.05) is 48.0 Å². The number of benzene rings is 1. The third kappa shape index (κ3) is 3.14. The molecule has 2 rings (SSSR count). The Morgan fingerprint density at radius 3 is 2.95 bits per heavy atom. The van der Waals surface area contributed by atoms with Gasteiger partial charge >= 0.3 is 6.03 Å². The lowest BCUT2D eigenvalue weighted by molar-refractivity contribution is 0.249. The number of nitrogens with one attached hydrogen (secondary N) is 1. The second-order valence-electron chi connectivity index (χ2n) is 3.97. The van der Waals surface area contributed by atoms with Gasteiger partial charge in [-0.2, -0.15) is 5.10 Å². The average Bonchev–Trinajstić information content (AvgIpc) is 2.80. The molecule has 0 bridgehead atoms. The van der Waals surface area contributed by atoms with Crippen LogP contribution in [0.5, 0.6) is 0 Å². The molecule has 6 heteroatoms. The van der Waals surface area contributed by atoms with Crippen LogP contribution in [0.15, 0.2) is 41.6 Å². The van der Waals surface area contributed by atoms with Crippen molar-refractivity contribution in [1.82, 2.24) is 9.99 Å². The van der Waals surface area contributed by atoms with E-state index in [1.165, 1.54) is 6.21 Å². The number of primary amides is 1. The molecule has 3 N–H and O–H groups in total. The highest BCUT2D eigenvalue weighted by Gasteiger charge is 2.03. The number of rotatable bonds is 3. The van der Waals surface area contributed by atoms with Crippen molar-refractivity contribution in [3.05, 3.63) is 52.8 Å². The lowest BCUT2D eigenvalue weighted by atomic mass is 10.2. The number of aryl methyl sites for hydroxylation is 1. The molecule has 0 aliphatic carbocycles. The topological polar surface area (TPSA) is 72.4 Å². The molecule has 1 aromatic heterocycles. The van der Waals surface area contributed by atoms with E-state index < -0.39 is 6.03 Å². The zero-order valence-electron chi connectivity index (χ0n) is 10.3. The second kappa shape index (κ2) is 5.58. The summed E-state index contributed by atoms with van der Waals surface area (Å²) >= 11 is 6.11. The van der Waals surface area contributed by atoms with Crippen molar-refractivity contribution in [2.75, 3.05) is 0 Å². The van der Waals surface area contributed by atoms with E-state index in [2.05, 4.69) is 10.5 Å². The van der Waals surface area contributed by atoms with Crippen LogP contribution in [0.4, 0.5) is 4.79 Å². The maximum Gasteiger partial charge on any atom is 0.332 e. The standard InChI is InChI=1S/C13H13ClN4O/c1-9-4-5-10(7-12(9)14)18-6-2-3-11(18)8-16-17-13(15)19/h2-8H,1H3,(H3,15,17,19). The molecule has 0 aliphatic heterocycles. The molecule has 0 unspecified atom stereocenters. The van der Waals surface area contributed by atoms with E-state index in [4.69, 9.17) is 17.3 Å². The summed E-state index contributed by atoms with van der Waals surface area (Å²) in [5, 5.41) is 4.43. The number of carbonyl (C=O) groups is 1. The molecule has 0 saturated carbocycles. The van der Waals surface area contributed by atoms with Gasteiger partial charge in [0, 0.05) is 16.9 Å². The molecule has 2 aromatic rings. The van der Waals surface area contributed by atoms with Crippen molar-refractivity contribution in [1.29, 1.82) is 0 Å². The first-order valence-corrected chi connectivity index (χ1v) is 5.98. The largest absolute Gasteiger partial charge is 0.350 e. The highest BCUT2D eigenvalue weighted by molar-refractivity contribution is 6.31. The number of hydrazone groups is 1. The van der Waals surface area contributed by atoms with Gasteiger partial charge in [-0.05, 0) is 36.8 Å². The van der Waals surface area contributed by atoms with Crippen molar-refractivity contribution >= 4 is 23.8 Å². The molecule has 5 nitrogen and oxygen atoms in total. The third-order valence-corrected chi connectivity index (χ3v) is 2.99. The van der Waals surface area contributed by atoms with Gasteiger partial charge in [0.05, 0.1) is 11.9 Å². The van der Waals surface area contributed by atoms with Gasteiger partial charge in [-0.1, -0.05) is 17.7 Å². The summed E-state index contributed by atoms with van der Waals surface area (Å²) in [4.78, 5) is 10.5. The Morgan fingerprint density at radius 1 is 1.47 bits per heavy atom. The summed E-state index contributed by atoms with van der Waals surface area (Å²) in [6.07, 6.45) is 3.39. The molecule has 0 atom stereocenters. The molecule has 0 radical (unpaired) electrons. The van der Waals surface area contributed by atoms with Crippen LogP contribution in [0, 0.1) is 6.92 Å². The molecular formula is C13H13ClN4O. The SMILES string of the molecule is Cc1ccc(-n2cccc2C=NNC(N)=O)cc1Cl. The number of halogens is 1. The number of nitrogens with zero attached hydrogens (tertiary/aromatic N) is 2. The van der Waals surface area contributed by atoms with Crippen molar-refractivity contribution < 1.29 is 4.79 Å². The minimum absolute atomic E-state index is 0.698. The number of amides is 2. The molecule has 98 valence electrons. The summed E-state index contributed by atoms with van der Waals surface area (Å²) in [6.45, 7) is 1.95. The van der Waals surface area contributed by atoms with Crippen LogP contribution in [0.2, 0.25) is 5.02 Å². The lowest BCUT2D eigenvalue weighted by Crippen LogP contribution is -2.24. The molecule has 1 heterocycles. The van der Waals surface area contributed by atoms with Crippen molar-refractivity contribution in [3.63, 3.8) is 0 Å². The zero-order chi connectivity index (χ0) is 13.8. The number of carbonyl (C=O) groups excluding carboxylic acids is 1. The predicted octanol–water partition coefficient (Wildman–Crippen LogP) is 2.44. The Labute approximate surface area is 115 Å². The van der Waals surface area contributed by atoms with Crippen LogP contribution in [0.1, 0.15) is 11.3 Å². The summed E-state index contributed by atoms with van der Waals surface area (Å²) in [5.74, 6) is 0. The van der Waals surface area contributed by atoms with E-state index in [0.29, 0.717) is 5.02 Å². The van der Waals surface area contributed by atoms with Gasteiger partial charge < -0.3 is 10.3 Å². The summed E-state index contributed by atoms with van der Waals surface area (Å²) in [6, 6.07) is 8.81. The minimum Gasteiger partial charge on any atom is -0.350 e. The van der Waals surface area contributed by atoms with Crippen molar-refractivity contribution in [3.8, 4) is 5.69 Å². The highest BCUT2D eigenvalue weighted by Crippen LogP contribution is 2.20. The van der Waals surface area contributed by atoms with Gasteiger partial charge in [0.25, 0.3) is 0 Å². The normalized spacial score (nSPS) is 10.8. The molecule has 0 aliphatic rings. The van der Waals surface area contributed by atoms with Gasteiger partial charge in [-0.3, -0.25) is 0 Å². The van der Waals surface area contributed by atoms with E-state index in [1.54, 1.807) is 0 Å². The Kier molecular flexibility index (Phi) is 3.87. The Bertz CT molecular complexity index is 633. The first-order chi connectivity index (χ1) is 9.08. The maximum absolute atomic E-state index is 10.5. The predicted molar refractivity (Wildman–Crippen MR) is 75.8 cm³/mol. The van der Waals surface area contributed by atoms with Crippen LogP contribution in [-0.4, -0.2) is 16.8 Å². The number of nitrogens with two attached hydrogens (primary N) is 1. The van der Waals surface area contributed by atoms with Crippen molar-refractivity contribution in [2.45, 2.75) is 6.92 Å². The number of hydrogen-bond donors (Lipinski definition) is 2. The van der Waals surface area contributed by atoms with E-state index in [9.17, 15) is 4.79 Å². The summed E-state index contributed by atoms with van der Waals surface area (Å²) in [5.41, 5.74) is 9.82. The zero-order valence-corrected chi connectivity index (χ0v) is 11.1. The van der Waals surface area contributed by atoms with Gasteiger partial charge in [-0.15, -0.1) is 0 Å². The van der Waals surface area contributed by atoms with Gasteiger partial charge in [0.1, 0.15) is 0 Å². The fourth-order valence-corrected chi connectivity index (χ4v) is 1.80. The van der Waals surface area contributed by atoms with Gasteiger partial charge in [0.2, 0.25) is 0 Å². The molecule has 0 fully saturated rings. The Morgan fingerprint density at radius 2 is 2.26 bits per heavy atom. The van der Waals surface area contributed by atoms with Gasteiger partial charge in [-0.25, -0.2) is 10.2 Å². The quantitative estimate of drug-likeness (QED) is 0.656. The number of urea groups is 1. The fraction of sp³-hybridized carbons (Fsp3) is 0.0769. The third-order valence-electron chi connectivity index (χ3n) is 2.59. The maximum atomic E-state index is 10.5. The summed E-state index contributed by atoms with van der Waals surface area (Å²) < 4.78 is 1.90. The first kappa shape index (κ1) is 13.2. The van der Waals surface area contributed by atoms with Crippen LogP contribution < -0.4 is 11.2 Å². The van der Waals surface area contributed by atoms with Crippen LogP contribution in [-0.2, 0) is 0 Å². The molecule has 0 saturated heterocycles. The molecule has 0 spiro atoms. The van der Waals surface area contributed by atoms with Crippen LogP contribution in [0.3, 0.4) is 0 Å². The average molecular weight is 277 g/mol. The van der Waals surface area contributed by atoms with E-state index in [-0.39, 0.29) is 0 Å². The van der Waals surface area contributed by atoms with Gasteiger partial charge in [0.15, 0.2) is 0 Å².